The second-order valence-electron chi connectivity index (χ2n) is 5.31. The molecule has 3 heterocycles. The van der Waals surface area contributed by atoms with Gasteiger partial charge >= 0.3 is 11.7 Å². The maximum Gasteiger partial charge on any atom is 0.341 e. The van der Waals surface area contributed by atoms with Crippen molar-refractivity contribution in [2.45, 2.75) is 20.4 Å². The highest BCUT2D eigenvalue weighted by atomic mass is 16.6. The van der Waals surface area contributed by atoms with Gasteiger partial charge in [0.25, 0.3) is 0 Å². The number of aryl methyl sites for hydroxylation is 1. The molecule has 0 N–H and O–H groups in total. The number of hydrogen-bond donors (Lipinski definition) is 0. The van der Waals surface area contributed by atoms with Crippen molar-refractivity contribution >= 4 is 17.3 Å². The van der Waals surface area contributed by atoms with Crippen LogP contribution in [0.2, 0.25) is 0 Å². The summed E-state index contributed by atoms with van der Waals surface area (Å²) in [4.78, 5) is 26.9. The summed E-state index contributed by atoms with van der Waals surface area (Å²) in [5, 5.41) is 15.3. The average molecular weight is 329 g/mol. The van der Waals surface area contributed by atoms with Gasteiger partial charge in [0.2, 0.25) is 0 Å². The maximum atomic E-state index is 11.8. The summed E-state index contributed by atoms with van der Waals surface area (Å²) in [6, 6.07) is 3.35. The number of aromatic nitrogens is 4. The molecule has 0 aliphatic heterocycles. The van der Waals surface area contributed by atoms with E-state index < -0.39 is 10.9 Å². The number of nitro groups is 1. The summed E-state index contributed by atoms with van der Waals surface area (Å²) in [5.41, 5.74) is 2.28. The molecule has 0 fully saturated rings. The molecule has 0 aliphatic rings. The molecule has 0 aromatic carbocycles. The lowest BCUT2D eigenvalue weighted by molar-refractivity contribution is -0.386. The number of ether oxygens (including phenoxy) is 1. The second-order valence-corrected chi connectivity index (χ2v) is 5.31. The van der Waals surface area contributed by atoms with E-state index in [1.165, 1.54) is 11.8 Å². The van der Waals surface area contributed by atoms with Gasteiger partial charge in [0.1, 0.15) is 17.0 Å². The predicted molar refractivity (Wildman–Crippen MR) is 84.0 cm³/mol. The first kappa shape index (κ1) is 15.7. The normalized spacial score (nSPS) is 11.0. The molecule has 24 heavy (non-hydrogen) atoms. The van der Waals surface area contributed by atoms with E-state index in [1.807, 2.05) is 0 Å². The van der Waals surface area contributed by atoms with Crippen molar-refractivity contribution in [3.05, 3.63) is 57.3 Å². The van der Waals surface area contributed by atoms with Crippen LogP contribution in [0, 0.1) is 24.0 Å². The number of carbonyl (C=O) groups excluding carboxylic acids is 1. The van der Waals surface area contributed by atoms with Gasteiger partial charge < -0.3 is 9.14 Å². The molecular weight excluding hydrogens is 314 g/mol. The Hall–Kier alpha value is -3.23. The Kier molecular flexibility index (Phi) is 3.76. The van der Waals surface area contributed by atoms with Crippen molar-refractivity contribution in [1.82, 2.24) is 19.2 Å². The number of esters is 1. The van der Waals surface area contributed by atoms with Crippen molar-refractivity contribution in [1.29, 1.82) is 0 Å². The van der Waals surface area contributed by atoms with Crippen LogP contribution < -0.4 is 0 Å². The fourth-order valence-electron chi connectivity index (χ4n) is 2.67. The van der Waals surface area contributed by atoms with Gasteiger partial charge in [-0.25, -0.2) is 9.78 Å². The molecule has 9 heteroatoms. The molecule has 0 radical (unpaired) electrons. The third-order valence-electron chi connectivity index (χ3n) is 3.78. The zero-order chi connectivity index (χ0) is 17.4. The minimum Gasteiger partial charge on any atom is -0.465 e. The first-order valence-corrected chi connectivity index (χ1v) is 7.15. The van der Waals surface area contributed by atoms with Gasteiger partial charge in [-0.05, 0) is 26.0 Å². The van der Waals surface area contributed by atoms with Crippen molar-refractivity contribution in [3.8, 4) is 0 Å². The standard InChI is InChI=1S/C15H15N5O4/c1-9-13(20(22)23)10(2)19(17-9)8-11-7-18-6-4-5-12(14(18)16-11)15(21)24-3/h4-7H,8H2,1-3H3. The third-order valence-corrected chi connectivity index (χ3v) is 3.78. The third kappa shape index (κ3) is 2.49. The van der Waals surface area contributed by atoms with E-state index in [4.69, 9.17) is 4.74 Å². The van der Waals surface area contributed by atoms with E-state index in [0.29, 0.717) is 28.3 Å². The van der Waals surface area contributed by atoms with E-state index in [2.05, 4.69) is 10.1 Å². The van der Waals surface area contributed by atoms with Crippen LogP contribution in [0.3, 0.4) is 0 Å². The van der Waals surface area contributed by atoms with Gasteiger partial charge in [0.15, 0.2) is 5.65 Å². The zero-order valence-corrected chi connectivity index (χ0v) is 13.4. The summed E-state index contributed by atoms with van der Waals surface area (Å²) in [6.07, 6.45) is 3.52. The highest BCUT2D eigenvalue weighted by Gasteiger charge is 2.22. The minimum atomic E-state index is -0.473. The van der Waals surface area contributed by atoms with Crippen LogP contribution in [0.1, 0.15) is 27.4 Å². The lowest BCUT2D eigenvalue weighted by Crippen LogP contribution is -2.05. The van der Waals surface area contributed by atoms with E-state index in [9.17, 15) is 14.9 Å². The smallest absolute Gasteiger partial charge is 0.341 e. The predicted octanol–water partition coefficient (Wildman–Crippen LogP) is 1.89. The first-order valence-electron chi connectivity index (χ1n) is 7.15. The highest BCUT2D eigenvalue weighted by Crippen LogP contribution is 2.22. The highest BCUT2D eigenvalue weighted by molar-refractivity contribution is 5.95. The summed E-state index contributed by atoms with van der Waals surface area (Å²) >= 11 is 0. The van der Waals surface area contributed by atoms with Crippen molar-refractivity contribution in [2.75, 3.05) is 7.11 Å². The van der Waals surface area contributed by atoms with E-state index in [1.54, 1.807) is 42.8 Å². The molecule has 3 aromatic heterocycles. The van der Waals surface area contributed by atoms with Gasteiger partial charge in [0.05, 0.1) is 24.3 Å². The van der Waals surface area contributed by atoms with Crippen LogP contribution in [0.5, 0.6) is 0 Å². The summed E-state index contributed by atoms with van der Waals surface area (Å²) < 4.78 is 8.00. The Morgan fingerprint density at radius 3 is 2.79 bits per heavy atom. The molecule has 0 atom stereocenters. The molecule has 9 nitrogen and oxygen atoms in total. The molecule has 3 rings (SSSR count). The first-order chi connectivity index (χ1) is 11.4. The Bertz CT molecular complexity index is 956. The van der Waals surface area contributed by atoms with E-state index in [0.717, 1.165) is 0 Å². The largest absolute Gasteiger partial charge is 0.465 e. The molecule has 0 bridgehead atoms. The van der Waals surface area contributed by atoms with Gasteiger partial charge in [-0.1, -0.05) is 0 Å². The molecule has 0 saturated heterocycles. The van der Waals surface area contributed by atoms with Crippen molar-refractivity contribution in [3.63, 3.8) is 0 Å². The van der Waals surface area contributed by atoms with Crippen LogP contribution in [-0.2, 0) is 11.3 Å². The number of pyridine rings is 1. The molecule has 0 aliphatic carbocycles. The Morgan fingerprint density at radius 2 is 2.17 bits per heavy atom. The SMILES string of the molecule is COC(=O)c1cccn2cc(Cn3nc(C)c([N+](=O)[O-])c3C)nc12. The average Bonchev–Trinajstić information content (AvgIpc) is 3.06. The lowest BCUT2D eigenvalue weighted by Gasteiger charge is -2.00. The van der Waals surface area contributed by atoms with Gasteiger partial charge in [-0.15, -0.1) is 0 Å². The Labute approximate surface area is 136 Å². The molecule has 0 unspecified atom stereocenters. The number of nitrogens with zero attached hydrogens (tertiary/aromatic N) is 5. The van der Waals surface area contributed by atoms with Gasteiger partial charge in [-0.3, -0.25) is 14.8 Å². The molecule has 124 valence electrons. The quantitative estimate of drug-likeness (QED) is 0.411. The topological polar surface area (TPSA) is 105 Å². The second kappa shape index (κ2) is 5.76. The van der Waals surface area contributed by atoms with Crippen LogP contribution in [0.4, 0.5) is 5.69 Å². The number of imidazole rings is 1. The zero-order valence-electron chi connectivity index (χ0n) is 13.4. The van der Waals surface area contributed by atoms with Crippen molar-refractivity contribution in [2.24, 2.45) is 0 Å². The van der Waals surface area contributed by atoms with Crippen LogP contribution >= 0.6 is 0 Å². The van der Waals surface area contributed by atoms with Crippen molar-refractivity contribution < 1.29 is 14.5 Å². The minimum absolute atomic E-state index is 0.00835. The molecule has 3 aromatic rings. The molecule has 0 saturated carbocycles. The fourth-order valence-corrected chi connectivity index (χ4v) is 2.67. The van der Waals surface area contributed by atoms with E-state index in [-0.39, 0.29) is 12.2 Å². The summed E-state index contributed by atoms with van der Waals surface area (Å²) in [7, 11) is 1.31. The van der Waals surface area contributed by atoms with Crippen LogP contribution in [0.25, 0.3) is 5.65 Å². The lowest BCUT2D eigenvalue weighted by atomic mass is 10.3. The molecular formula is C15H15N5O4. The number of methoxy groups -OCH3 is 1. The summed E-state index contributed by atoms with van der Waals surface area (Å²) in [6.45, 7) is 3.51. The van der Waals surface area contributed by atoms with Gasteiger partial charge in [-0.2, -0.15) is 5.10 Å². The Balaban J connectivity index is 2.02. The number of carbonyl (C=O) groups is 1. The van der Waals surface area contributed by atoms with Gasteiger partial charge in [0, 0.05) is 12.4 Å². The van der Waals surface area contributed by atoms with Crippen LogP contribution in [-0.4, -0.2) is 37.2 Å². The molecule has 0 spiro atoms. The fraction of sp³-hybridized carbons (Fsp3) is 0.267. The Morgan fingerprint density at radius 1 is 1.42 bits per heavy atom. The monoisotopic (exact) mass is 329 g/mol. The number of hydrogen-bond acceptors (Lipinski definition) is 6. The number of rotatable bonds is 4. The maximum absolute atomic E-state index is 11.8. The van der Waals surface area contributed by atoms with E-state index >= 15 is 0 Å². The molecule has 0 amide bonds. The summed E-state index contributed by atoms with van der Waals surface area (Å²) in [5.74, 6) is -0.473. The van der Waals surface area contributed by atoms with Crippen LogP contribution in [0.15, 0.2) is 24.5 Å². The number of fused-ring (bicyclic) bond motifs is 1.